The van der Waals surface area contributed by atoms with Gasteiger partial charge in [0.15, 0.2) is 0 Å². The highest BCUT2D eigenvalue weighted by molar-refractivity contribution is 6.30. The van der Waals surface area contributed by atoms with E-state index in [1.165, 1.54) is 0 Å². The Morgan fingerprint density at radius 2 is 2.08 bits per heavy atom. The minimum atomic E-state index is -0.340. The molecule has 2 aromatic rings. The van der Waals surface area contributed by atoms with Crippen LogP contribution in [-0.4, -0.2) is 36.9 Å². The number of rotatable bonds is 6. The summed E-state index contributed by atoms with van der Waals surface area (Å²) >= 11 is 5.99. The third-order valence-electron chi connectivity index (χ3n) is 4.48. The molecule has 1 atom stereocenters. The quantitative estimate of drug-likeness (QED) is 0.845. The molecule has 2 amide bonds. The Balaban J connectivity index is 1.55. The molecule has 26 heavy (non-hydrogen) atoms. The number of methoxy groups -OCH3 is 1. The monoisotopic (exact) mass is 372 g/mol. The first-order valence-electron chi connectivity index (χ1n) is 8.52. The lowest BCUT2D eigenvalue weighted by molar-refractivity contribution is -0.128. The van der Waals surface area contributed by atoms with Crippen molar-refractivity contribution in [3.63, 3.8) is 0 Å². The van der Waals surface area contributed by atoms with Crippen LogP contribution in [0.25, 0.3) is 0 Å². The Morgan fingerprint density at radius 1 is 1.27 bits per heavy atom. The number of nitrogens with one attached hydrogen (secondary N) is 1. The van der Waals surface area contributed by atoms with Gasteiger partial charge in [0.1, 0.15) is 5.75 Å². The molecule has 0 aromatic heterocycles. The molecule has 3 rings (SSSR count). The molecule has 1 N–H and O–H groups in total. The van der Waals surface area contributed by atoms with Crippen LogP contribution in [0.15, 0.2) is 48.5 Å². The van der Waals surface area contributed by atoms with Gasteiger partial charge in [-0.05, 0) is 36.2 Å². The summed E-state index contributed by atoms with van der Waals surface area (Å²) in [6.07, 6.45) is 0.960. The molecule has 0 aliphatic carbocycles. The van der Waals surface area contributed by atoms with Crippen molar-refractivity contribution in [2.75, 3.05) is 25.5 Å². The van der Waals surface area contributed by atoms with Gasteiger partial charge >= 0.3 is 0 Å². The minimum Gasteiger partial charge on any atom is -0.497 e. The lowest BCUT2D eigenvalue weighted by Crippen LogP contribution is -2.30. The molecule has 136 valence electrons. The summed E-state index contributed by atoms with van der Waals surface area (Å²) in [6, 6.07) is 14.8. The van der Waals surface area contributed by atoms with Gasteiger partial charge in [-0.15, -0.1) is 0 Å². The summed E-state index contributed by atoms with van der Waals surface area (Å²) in [7, 11) is 1.58. The summed E-state index contributed by atoms with van der Waals surface area (Å²) in [6.45, 7) is 1.03. The number of halogens is 1. The van der Waals surface area contributed by atoms with Crippen molar-refractivity contribution in [1.29, 1.82) is 0 Å². The zero-order chi connectivity index (χ0) is 18.5. The average molecular weight is 373 g/mol. The van der Waals surface area contributed by atoms with Gasteiger partial charge in [0.2, 0.25) is 11.8 Å². The van der Waals surface area contributed by atoms with Crippen molar-refractivity contribution in [2.45, 2.75) is 12.8 Å². The van der Waals surface area contributed by atoms with E-state index >= 15 is 0 Å². The highest BCUT2D eigenvalue weighted by atomic mass is 35.5. The molecule has 1 unspecified atom stereocenters. The molecule has 1 aliphatic heterocycles. The van der Waals surface area contributed by atoms with Gasteiger partial charge < -0.3 is 15.0 Å². The standard InChI is InChI=1S/C20H21ClN2O3/c1-26-18-7-3-6-17(12-18)22-20(25)15-11-19(24)23(13-15)9-8-14-4-2-5-16(21)10-14/h2-7,10,12,15H,8-9,11,13H2,1H3,(H,22,25). The number of likely N-dealkylation sites (tertiary alicyclic amines) is 1. The van der Waals surface area contributed by atoms with Crippen molar-refractivity contribution in [1.82, 2.24) is 4.90 Å². The fourth-order valence-electron chi connectivity index (χ4n) is 3.07. The number of carbonyl (C=O) groups excluding carboxylic acids is 2. The molecule has 0 spiro atoms. The number of hydrogen-bond donors (Lipinski definition) is 1. The summed E-state index contributed by atoms with van der Waals surface area (Å²) in [5.41, 5.74) is 1.74. The highest BCUT2D eigenvalue weighted by Gasteiger charge is 2.34. The van der Waals surface area contributed by atoms with Gasteiger partial charge in [-0.3, -0.25) is 9.59 Å². The summed E-state index contributed by atoms with van der Waals surface area (Å²) in [5, 5.41) is 3.55. The fourth-order valence-corrected chi connectivity index (χ4v) is 3.28. The Kier molecular flexibility index (Phi) is 5.78. The number of ether oxygens (including phenoxy) is 1. The van der Waals surface area contributed by atoms with Crippen LogP contribution >= 0.6 is 11.6 Å². The van der Waals surface area contributed by atoms with Gasteiger partial charge in [0.05, 0.1) is 13.0 Å². The lowest BCUT2D eigenvalue weighted by atomic mass is 10.1. The molecule has 6 heteroatoms. The van der Waals surface area contributed by atoms with E-state index in [1.807, 2.05) is 36.4 Å². The first-order valence-corrected chi connectivity index (χ1v) is 8.90. The molecule has 1 heterocycles. The van der Waals surface area contributed by atoms with Gasteiger partial charge in [-0.2, -0.15) is 0 Å². The van der Waals surface area contributed by atoms with Gasteiger partial charge in [-0.25, -0.2) is 0 Å². The van der Waals surface area contributed by atoms with Crippen molar-refractivity contribution >= 4 is 29.1 Å². The van der Waals surface area contributed by atoms with E-state index in [-0.39, 0.29) is 24.2 Å². The number of nitrogens with zero attached hydrogens (tertiary/aromatic N) is 1. The average Bonchev–Trinajstić information content (AvgIpc) is 3.01. The topological polar surface area (TPSA) is 58.6 Å². The van der Waals surface area contributed by atoms with E-state index in [2.05, 4.69) is 5.32 Å². The Hall–Kier alpha value is -2.53. The number of hydrogen-bond acceptors (Lipinski definition) is 3. The Bertz CT molecular complexity index is 809. The third-order valence-corrected chi connectivity index (χ3v) is 4.72. The molecule has 0 radical (unpaired) electrons. The van der Waals surface area contributed by atoms with Crippen molar-refractivity contribution in [3.8, 4) is 5.75 Å². The predicted octanol–water partition coefficient (Wildman–Crippen LogP) is 3.38. The highest BCUT2D eigenvalue weighted by Crippen LogP contribution is 2.22. The largest absolute Gasteiger partial charge is 0.497 e. The van der Waals surface area contributed by atoms with Crippen molar-refractivity contribution < 1.29 is 14.3 Å². The fraction of sp³-hybridized carbons (Fsp3) is 0.300. The lowest BCUT2D eigenvalue weighted by Gasteiger charge is -2.16. The minimum absolute atomic E-state index is 0.0119. The Labute approximate surface area is 157 Å². The zero-order valence-electron chi connectivity index (χ0n) is 14.6. The summed E-state index contributed by atoms with van der Waals surface area (Å²) in [4.78, 5) is 26.5. The maximum atomic E-state index is 12.5. The normalized spacial score (nSPS) is 16.6. The summed E-state index contributed by atoms with van der Waals surface area (Å²) < 4.78 is 5.16. The predicted molar refractivity (Wildman–Crippen MR) is 101 cm³/mol. The molecule has 1 aliphatic rings. The van der Waals surface area contributed by atoms with E-state index in [9.17, 15) is 9.59 Å². The van der Waals surface area contributed by atoms with Crippen LogP contribution in [-0.2, 0) is 16.0 Å². The van der Waals surface area contributed by atoms with Crippen LogP contribution in [0.5, 0.6) is 5.75 Å². The smallest absolute Gasteiger partial charge is 0.229 e. The second-order valence-electron chi connectivity index (χ2n) is 6.34. The first-order chi connectivity index (χ1) is 12.5. The molecular formula is C20H21ClN2O3. The van der Waals surface area contributed by atoms with Crippen molar-refractivity contribution in [3.05, 3.63) is 59.1 Å². The number of carbonyl (C=O) groups is 2. The molecule has 5 nitrogen and oxygen atoms in total. The van der Waals surface area contributed by atoms with E-state index in [0.717, 1.165) is 12.0 Å². The van der Waals surface area contributed by atoms with Crippen molar-refractivity contribution in [2.24, 2.45) is 5.92 Å². The van der Waals surface area contributed by atoms with E-state index in [0.29, 0.717) is 29.5 Å². The third kappa shape index (κ3) is 4.55. The summed E-state index contributed by atoms with van der Waals surface area (Å²) in [5.74, 6) is 0.205. The molecule has 0 saturated carbocycles. The van der Waals surface area contributed by atoms with Crippen LogP contribution in [0, 0.1) is 5.92 Å². The van der Waals surface area contributed by atoms with E-state index in [1.54, 1.807) is 24.1 Å². The number of benzene rings is 2. The van der Waals surface area contributed by atoms with E-state index in [4.69, 9.17) is 16.3 Å². The molecule has 1 saturated heterocycles. The van der Waals surface area contributed by atoms with E-state index < -0.39 is 0 Å². The van der Waals surface area contributed by atoms with Gasteiger partial charge in [0.25, 0.3) is 0 Å². The van der Waals surface area contributed by atoms with Crippen LogP contribution in [0.1, 0.15) is 12.0 Å². The second-order valence-corrected chi connectivity index (χ2v) is 6.78. The van der Waals surface area contributed by atoms with Crippen LogP contribution in [0.4, 0.5) is 5.69 Å². The van der Waals surface area contributed by atoms with Gasteiger partial charge in [-0.1, -0.05) is 29.8 Å². The molecule has 0 bridgehead atoms. The Morgan fingerprint density at radius 3 is 2.85 bits per heavy atom. The van der Waals surface area contributed by atoms with Crippen LogP contribution < -0.4 is 10.1 Å². The maximum Gasteiger partial charge on any atom is 0.229 e. The first kappa shape index (κ1) is 18.3. The SMILES string of the molecule is COc1cccc(NC(=O)C2CC(=O)N(CCc3cccc(Cl)c3)C2)c1. The molecular weight excluding hydrogens is 352 g/mol. The van der Waals surface area contributed by atoms with Gasteiger partial charge in [0, 0.05) is 36.3 Å². The maximum absolute atomic E-state index is 12.5. The molecule has 1 fully saturated rings. The second kappa shape index (κ2) is 8.23. The zero-order valence-corrected chi connectivity index (χ0v) is 15.3. The molecule has 2 aromatic carbocycles. The van der Waals surface area contributed by atoms with Crippen LogP contribution in [0.3, 0.4) is 0 Å². The van der Waals surface area contributed by atoms with Crippen LogP contribution in [0.2, 0.25) is 5.02 Å². The number of anilines is 1. The number of amides is 2.